The highest BCUT2D eigenvalue weighted by atomic mass is 14.9. The molecule has 0 aliphatic heterocycles. The molecule has 88 valence electrons. The van der Waals surface area contributed by atoms with Gasteiger partial charge in [-0.15, -0.1) is 0 Å². The summed E-state index contributed by atoms with van der Waals surface area (Å²) in [6.45, 7) is 8.17. The van der Waals surface area contributed by atoms with Crippen molar-refractivity contribution in [1.29, 1.82) is 0 Å². The maximum absolute atomic E-state index is 6.07. The van der Waals surface area contributed by atoms with E-state index in [1.165, 1.54) is 11.1 Å². The highest BCUT2D eigenvalue weighted by Crippen LogP contribution is 2.10. The molecule has 3 N–H and O–H groups in total. The summed E-state index contributed by atoms with van der Waals surface area (Å²) in [5, 5.41) is 0. The lowest BCUT2D eigenvalue weighted by atomic mass is 10.0. The van der Waals surface area contributed by atoms with Crippen LogP contribution in [-0.4, -0.2) is 16.0 Å². The number of aromatic amines is 1. The number of hydrogen-bond acceptors (Lipinski definition) is 2. The largest absolute Gasteiger partial charge is 0.343 e. The molecule has 1 rings (SSSR count). The third-order valence-corrected chi connectivity index (χ3v) is 2.47. The second kappa shape index (κ2) is 5.66. The highest BCUT2D eigenvalue weighted by Gasteiger charge is 2.03. The van der Waals surface area contributed by atoms with Gasteiger partial charge in [-0.1, -0.05) is 17.2 Å². The number of aryl methyl sites for hydroxylation is 1. The van der Waals surface area contributed by atoms with E-state index in [4.69, 9.17) is 5.73 Å². The molecule has 16 heavy (non-hydrogen) atoms. The zero-order valence-corrected chi connectivity index (χ0v) is 10.5. The number of allylic oxidation sites excluding steroid dienone is 1. The van der Waals surface area contributed by atoms with E-state index in [0.29, 0.717) is 0 Å². The summed E-state index contributed by atoms with van der Waals surface area (Å²) in [6, 6.07) is 0.0820. The van der Waals surface area contributed by atoms with Crippen LogP contribution in [0.25, 0.3) is 6.08 Å². The molecule has 0 radical (unpaired) electrons. The highest BCUT2D eigenvalue weighted by molar-refractivity contribution is 5.49. The Balaban J connectivity index is 2.66. The molecule has 0 fully saturated rings. The molecule has 0 aromatic carbocycles. The van der Waals surface area contributed by atoms with E-state index in [-0.39, 0.29) is 6.04 Å². The number of nitrogens with one attached hydrogen (secondary N) is 1. The van der Waals surface area contributed by atoms with Crippen molar-refractivity contribution in [1.82, 2.24) is 9.97 Å². The molecule has 0 spiro atoms. The molecule has 0 aliphatic rings. The van der Waals surface area contributed by atoms with Crippen molar-refractivity contribution in [3.8, 4) is 0 Å². The zero-order valence-electron chi connectivity index (χ0n) is 10.5. The molecule has 3 heteroatoms. The topological polar surface area (TPSA) is 54.7 Å². The second-order valence-electron chi connectivity index (χ2n) is 4.44. The van der Waals surface area contributed by atoms with Crippen molar-refractivity contribution in [2.75, 3.05) is 0 Å². The Hall–Kier alpha value is -1.35. The van der Waals surface area contributed by atoms with Crippen LogP contribution in [0.2, 0.25) is 0 Å². The number of aromatic nitrogens is 2. The molecular weight excluding hydrogens is 198 g/mol. The van der Waals surface area contributed by atoms with Crippen LogP contribution in [0, 0.1) is 6.92 Å². The van der Waals surface area contributed by atoms with Gasteiger partial charge in [-0.3, -0.25) is 0 Å². The van der Waals surface area contributed by atoms with Gasteiger partial charge in [0.25, 0.3) is 0 Å². The fourth-order valence-electron chi connectivity index (χ4n) is 1.41. The molecule has 0 amide bonds. The first-order chi connectivity index (χ1) is 7.49. The summed E-state index contributed by atoms with van der Waals surface area (Å²) in [4.78, 5) is 7.32. The van der Waals surface area contributed by atoms with Gasteiger partial charge in [-0.05, 0) is 40.2 Å². The SMILES string of the molecule is CC(C)=CCC(N)/C(C)=C/c1cnc(C)[nH]1. The van der Waals surface area contributed by atoms with Crippen LogP contribution in [0.15, 0.2) is 23.4 Å². The molecule has 1 aromatic rings. The minimum atomic E-state index is 0.0820. The number of imidazole rings is 1. The van der Waals surface area contributed by atoms with Crippen LogP contribution < -0.4 is 5.73 Å². The molecule has 1 atom stereocenters. The van der Waals surface area contributed by atoms with Gasteiger partial charge in [0.1, 0.15) is 5.82 Å². The summed E-state index contributed by atoms with van der Waals surface area (Å²) in [5.74, 6) is 0.928. The van der Waals surface area contributed by atoms with Gasteiger partial charge >= 0.3 is 0 Å². The Morgan fingerprint density at radius 3 is 2.69 bits per heavy atom. The number of hydrogen-bond donors (Lipinski definition) is 2. The Bertz CT molecular complexity index is 395. The predicted octanol–water partition coefficient (Wildman–Crippen LogP) is 2.81. The minimum Gasteiger partial charge on any atom is -0.343 e. The number of nitrogens with two attached hydrogens (primary N) is 1. The third kappa shape index (κ3) is 4.03. The van der Waals surface area contributed by atoms with Crippen LogP contribution in [0.1, 0.15) is 38.7 Å². The van der Waals surface area contributed by atoms with Crippen LogP contribution in [-0.2, 0) is 0 Å². The van der Waals surface area contributed by atoms with Crippen LogP contribution in [0.3, 0.4) is 0 Å². The average molecular weight is 219 g/mol. The number of nitrogens with zero attached hydrogens (tertiary/aromatic N) is 1. The van der Waals surface area contributed by atoms with Gasteiger partial charge in [-0.2, -0.15) is 0 Å². The summed E-state index contributed by atoms with van der Waals surface area (Å²) in [5.41, 5.74) is 9.56. The van der Waals surface area contributed by atoms with Crippen molar-refractivity contribution in [3.05, 3.63) is 34.9 Å². The van der Waals surface area contributed by atoms with Crippen molar-refractivity contribution in [2.45, 2.75) is 40.2 Å². The van der Waals surface area contributed by atoms with Gasteiger partial charge in [0.05, 0.1) is 11.9 Å². The molecule has 0 saturated heterocycles. The van der Waals surface area contributed by atoms with Gasteiger partial charge in [0.2, 0.25) is 0 Å². The van der Waals surface area contributed by atoms with Crippen molar-refractivity contribution in [2.24, 2.45) is 5.73 Å². The summed E-state index contributed by atoms with van der Waals surface area (Å²) >= 11 is 0. The minimum absolute atomic E-state index is 0.0820. The van der Waals surface area contributed by atoms with Gasteiger partial charge in [-0.25, -0.2) is 4.98 Å². The lowest BCUT2D eigenvalue weighted by Gasteiger charge is -2.09. The number of H-pyrrole nitrogens is 1. The molecule has 0 saturated carbocycles. The molecule has 1 unspecified atom stereocenters. The molecule has 0 aliphatic carbocycles. The quantitative estimate of drug-likeness (QED) is 0.765. The van der Waals surface area contributed by atoms with E-state index >= 15 is 0 Å². The first-order valence-electron chi connectivity index (χ1n) is 5.58. The fourth-order valence-corrected chi connectivity index (χ4v) is 1.41. The molecule has 3 nitrogen and oxygen atoms in total. The molecular formula is C13H21N3. The van der Waals surface area contributed by atoms with Crippen molar-refractivity contribution in [3.63, 3.8) is 0 Å². The second-order valence-corrected chi connectivity index (χ2v) is 4.44. The summed E-state index contributed by atoms with van der Waals surface area (Å²) < 4.78 is 0. The van der Waals surface area contributed by atoms with Gasteiger partial charge < -0.3 is 10.7 Å². The van der Waals surface area contributed by atoms with E-state index in [1.807, 2.05) is 13.1 Å². The Labute approximate surface area is 97.5 Å². The van der Waals surface area contributed by atoms with Crippen LogP contribution >= 0.6 is 0 Å². The number of rotatable bonds is 4. The van der Waals surface area contributed by atoms with Crippen molar-refractivity contribution >= 4 is 6.08 Å². The Kier molecular flexibility index (Phi) is 4.50. The first kappa shape index (κ1) is 12.7. The lowest BCUT2D eigenvalue weighted by Crippen LogP contribution is -2.20. The van der Waals surface area contributed by atoms with E-state index in [1.54, 1.807) is 0 Å². The molecule has 1 aromatic heterocycles. The molecule has 0 bridgehead atoms. The fraction of sp³-hybridized carbons (Fsp3) is 0.462. The van der Waals surface area contributed by atoms with Crippen LogP contribution in [0.5, 0.6) is 0 Å². The summed E-state index contributed by atoms with van der Waals surface area (Å²) in [6.07, 6.45) is 6.94. The van der Waals surface area contributed by atoms with E-state index < -0.39 is 0 Å². The normalized spacial score (nSPS) is 13.7. The van der Waals surface area contributed by atoms with Crippen LogP contribution in [0.4, 0.5) is 0 Å². The third-order valence-electron chi connectivity index (χ3n) is 2.47. The zero-order chi connectivity index (χ0) is 12.1. The monoisotopic (exact) mass is 219 g/mol. The van der Waals surface area contributed by atoms with E-state index in [0.717, 1.165) is 17.9 Å². The first-order valence-corrected chi connectivity index (χ1v) is 5.58. The molecule has 1 heterocycles. The predicted molar refractivity (Wildman–Crippen MR) is 69.0 cm³/mol. The Morgan fingerprint density at radius 1 is 1.50 bits per heavy atom. The maximum Gasteiger partial charge on any atom is 0.103 e. The van der Waals surface area contributed by atoms with Gasteiger partial charge in [0.15, 0.2) is 0 Å². The Morgan fingerprint density at radius 2 is 2.19 bits per heavy atom. The summed E-state index contributed by atoms with van der Waals surface area (Å²) in [7, 11) is 0. The van der Waals surface area contributed by atoms with E-state index in [2.05, 4.69) is 42.9 Å². The standard InChI is InChI=1S/C13H21N3/c1-9(2)5-6-13(14)10(3)7-12-8-15-11(4)16-12/h5,7-8,13H,6,14H2,1-4H3,(H,15,16)/b10-7+. The lowest BCUT2D eigenvalue weighted by molar-refractivity contribution is 0.784. The maximum atomic E-state index is 6.07. The smallest absolute Gasteiger partial charge is 0.103 e. The van der Waals surface area contributed by atoms with Gasteiger partial charge in [0, 0.05) is 6.04 Å². The van der Waals surface area contributed by atoms with E-state index in [9.17, 15) is 0 Å². The van der Waals surface area contributed by atoms with Crippen molar-refractivity contribution < 1.29 is 0 Å². The average Bonchev–Trinajstić information content (AvgIpc) is 2.60.